The summed E-state index contributed by atoms with van der Waals surface area (Å²) in [6.45, 7) is 41.9. The minimum atomic E-state index is 0. The van der Waals surface area contributed by atoms with Gasteiger partial charge < -0.3 is 0 Å². The lowest BCUT2D eigenvalue weighted by molar-refractivity contribution is 0.601. The monoisotopic (exact) mass is 1100 g/mol. The fourth-order valence-corrected chi connectivity index (χ4v) is 7.70. The van der Waals surface area contributed by atoms with E-state index in [0.29, 0.717) is 0 Å². The van der Waals surface area contributed by atoms with Crippen LogP contribution in [0.1, 0.15) is 265 Å². The van der Waals surface area contributed by atoms with Crippen LogP contribution in [0, 0.1) is 0 Å². The van der Waals surface area contributed by atoms with E-state index in [1.165, 1.54) is 231 Å². The molecule has 0 aromatic heterocycles. The Bertz CT molecular complexity index is 1880. The molecule has 0 aromatic rings. The standard InChI is InChI=1S/C8H14.C8H12.C8H10.C7H12.C7H10.C7H8.C6H10.C6H8.C6H6.C5H8.C4H6.8CH4/c3*1-8-6-4-2-3-5-7-8;3*1-7-5-3-2-4-6-7;3*1-6-4-2-3-5-6;1-5-3-2-4-5;1-4-2-3-4;;;;;;;;/h1-7H2;4,6H,1-3,5,7H2;4-7H,1-3H2;1-6H2;3,5H,1-2,4,6H2;3-6H,1-2H2;1-5H2;2,4H,1,3,5H2;2-5H,1H2;1-4H2;1-3H2;8*1H4. The topological polar surface area (TPSA) is 0 Å². The van der Waals surface area contributed by atoms with E-state index in [1.54, 1.807) is 0 Å². The molecule has 0 atom stereocenters. The summed E-state index contributed by atoms with van der Waals surface area (Å²) in [5, 5.41) is 0. The van der Waals surface area contributed by atoms with Crippen LogP contribution < -0.4 is 0 Å². The molecule has 0 nitrogen and oxygen atoms in total. The minimum absolute atomic E-state index is 0. The van der Waals surface area contributed by atoms with E-state index < -0.39 is 0 Å². The predicted octanol–water partition coefficient (Wildman–Crippen LogP) is 28.7. The summed E-state index contributed by atoms with van der Waals surface area (Å²) >= 11 is 0. The van der Waals surface area contributed by atoms with Crippen LogP contribution in [0.3, 0.4) is 0 Å². The molecule has 456 valence electrons. The average molecular weight is 1100 g/mol. The van der Waals surface area contributed by atoms with Gasteiger partial charge in [-0.15, -0.1) is 0 Å². The van der Waals surface area contributed by atoms with Crippen LogP contribution in [-0.4, -0.2) is 0 Å². The van der Waals surface area contributed by atoms with Crippen molar-refractivity contribution < 1.29 is 0 Å². The van der Waals surface area contributed by atoms with Crippen LogP contribution in [0.15, 0.2) is 243 Å². The number of hydrogen-bond acceptors (Lipinski definition) is 0. The second kappa shape index (κ2) is 64.6. The lowest BCUT2D eigenvalue weighted by Crippen LogP contribution is -1.92. The highest BCUT2D eigenvalue weighted by molar-refractivity contribution is 5.37. The van der Waals surface area contributed by atoms with Crippen LogP contribution in [0.4, 0.5) is 0 Å². The van der Waals surface area contributed by atoms with Gasteiger partial charge in [0, 0.05) is 0 Å². The van der Waals surface area contributed by atoms with E-state index in [9.17, 15) is 0 Å². The Morgan fingerprint density at radius 3 is 0.725 bits per heavy atom. The average Bonchev–Trinajstić information content (AvgIpc) is 3.78. The molecule has 11 aliphatic carbocycles. The molecular weight excluding hydrogens is 961 g/mol. The van der Waals surface area contributed by atoms with Crippen molar-refractivity contribution in [2.45, 2.75) is 265 Å². The van der Waals surface area contributed by atoms with E-state index in [1.807, 2.05) is 36.5 Å². The molecule has 0 saturated heterocycles. The molecule has 5 fully saturated rings. The summed E-state index contributed by atoms with van der Waals surface area (Å²) in [5.74, 6) is 0. The molecule has 0 spiro atoms. The van der Waals surface area contributed by atoms with Gasteiger partial charge in [0.2, 0.25) is 0 Å². The van der Waals surface area contributed by atoms with Gasteiger partial charge in [-0.1, -0.05) is 305 Å². The maximum absolute atomic E-state index is 3.97. The summed E-state index contributed by atoms with van der Waals surface area (Å²) < 4.78 is 0. The lowest BCUT2D eigenvalue weighted by atomic mass is 9.95. The predicted molar refractivity (Wildman–Crippen MR) is 384 cm³/mol. The third-order valence-electron chi connectivity index (χ3n) is 12.9. The molecule has 80 heavy (non-hydrogen) atoms. The van der Waals surface area contributed by atoms with Crippen molar-refractivity contribution in [1.29, 1.82) is 0 Å². The van der Waals surface area contributed by atoms with Gasteiger partial charge >= 0.3 is 0 Å². The molecule has 0 unspecified atom stereocenters. The SMILES string of the molecule is C.C.C.C.C.C.C.C.C=C1C=CC=C1.C=C1C=CCC1.C=C1C=CCC=C1.C=C1C=CCCC1.C=C1C=CCCC=C1.C=C1C=CCCCC1.C=C1CC1.C=C1CCC1.C=C1CCCC1.C=C1CCCCC1.C=C1CCCCCC1. The molecule has 0 heteroatoms. The summed E-state index contributed by atoms with van der Waals surface area (Å²) in [6.07, 6.45) is 79.1. The van der Waals surface area contributed by atoms with Crippen LogP contribution in [0.2, 0.25) is 0 Å². The summed E-state index contributed by atoms with van der Waals surface area (Å²) in [4.78, 5) is 0. The van der Waals surface area contributed by atoms with Crippen molar-refractivity contribution in [3.05, 3.63) is 243 Å². The fourth-order valence-electron chi connectivity index (χ4n) is 7.70. The molecule has 11 rings (SSSR count). The van der Waals surface area contributed by atoms with Crippen LogP contribution in [0.5, 0.6) is 0 Å². The van der Waals surface area contributed by atoms with Gasteiger partial charge in [0.1, 0.15) is 0 Å². The zero-order valence-electron chi connectivity index (χ0n) is 46.3. The molecule has 0 aliphatic heterocycles. The van der Waals surface area contributed by atoms with Gasteiger partial charge in [0.15, 0.2) is 0 Å². The van der Waals surface area contributed by atoms with Crippen molar-refractivity contribution in [3.8, 4) is 0 Å². The Balaban J connectivity index is -0.000000118. The van der Waals surface area contributed by atoms with E-state index >= 15 is 0 Å². The Morgan fingerprint density at radius 2 is 0.475 bits per heavy atom. The van der Waals surface area contributed by atoms with Crippen molar-refractivity contribution in [1.82, 2.24) is 0 Å². The number of allylic oxidation sites excluding steroid dienone is 29. The first-order valence-electron chi connectivity index (χ1n) is 28.3. The third-order valence-corrected chi connectivity index (χ3v) is 12.9. The summed E-state index contributed by atoms with van der Waals surface area (Å²) in [7, 11) is 0. The highest BCUT2D eigenvalue weighted by atomic mass is 14.1. The van der Waals surface area contributed by atoms with Crippen molar-refractivity contribution >= 4 is 0 Å². The molecule has 0 radical (unpaired) electrons. The zero-order chi connectivity index (χ0) is 52.7. The van der Waals surface area contributed by atoms with Crippen LogP contribution >= 0.6 is 0 Å². The highest BCUT2D eigenvalue weighted by Crippen LogP contribution is 2.24. The largest absolute Gasteiger partial charge is 0.0999 e. The molecule has 5 saturated carbocycles. The van der Waals surface area contributed by atoms with Gasteiger partial charge in [0.25, 0.3) is 0 Å². The molecule has 0 N–H and O–H groups in total. The molecule has 0 bridgehead atoms. The Kier molecular flexibility index (Phi) is 73.7. The quantitative estimate of drug-likeness (QED) is 0.168. The summed E-state index contributed by atoms with van der Waals surface area (Å²) in [6, 6.07) is 0. The number of rotatable bonds is 0. The molecule has 0 heterocycles. The number of hydrogen-bond donors (Lipinski definition) is 0. The Hall–Kier alpha value is -5.20. The van der Waals surface area contributed by atoms with Crippen LogP contribution in [0.25, 0.3) is 0 Å². The van der Waals surface area contributed by atoms with Gasteiger partial charge in [-0.3, -0.25) is 0 Å². The minimum Gasteiger partial charge on any atom is -0.0999 e. The first-order chi connectivity index (χ1) is 34.8. The zero-order valence-corrected chi connectivity index (χ0v) is 46.3. The first kappa shape index (κ1) is 91.3. The second-order valence-electron chi connectivity index (χ2n) is 20.5. The van der Waals surface area contributed by atoms with Gasteiger partial charge in [-0.2, -0.15) is 0 Å². The third kappa shape index (κ3) is 65.3. The lowest BCUT2D eigenvalue weighted by Gasteiger charge is -2.11. The van der Waals surface area contributed by atoms with Crippen LogP contribution in [-0.2, 0) is 0 Å². The molecule has 0 aromatic carbocycles. The molecule has 11 aliphatic rings. The second-order valence-corrected chi connectivity index (χ2v) is 20.5. The van der Waals surface area contributed by atoms with Crippen molar-refractivity contribution in [2.24, 2.45) is 0 Å². The first-order valence-corrected chi connectivity index (χ1v) is 28.3. The molecular formula is C80H136. The van der Waals surface area contributed by atoms with E-state index in [4.69, 9.17) is 0 Å². The van der Waals surface area contributed by atoms with Gasteiger partial charge in [-0.05, 0) is 203 Å². The summed E-state index contributed by atoms with van der Waals surface area (Å²) in [5.41, 5.74) is 14.4. The van der Waals surface area contributed by atoms with Crippen molar-refractivity contribution in [2.75, 3.05) is 0 Å². The smallest absolute Gasteiger partial charge is 0.0163 e. The van der Waals surface area contributed by atoms with Gasteiger partial charge in [-0.25, -0.2) is 0 Å². The highest BCUT2D eigenvalue weighted by Gasteiger charge is 2.05. The maximum atomic E-state index is 3.97. The van der Waals surface area contributed by atoms with E-state index in [-0.39, 0.29) is 59.4 Å². The maximum Gasteiger partial charge on any atom is -0.0163 e. The fraction of sp³-hybridized carbons (Fsp3) is 0.500. The normalized spacial score (nSPS) is 18.4. The van der Waals surface area contributed by atoms with Gasteiger partial charge in [0.05, 0.1) is 0 Å². The molecule has 0 amide bonds. The van der Waals surface area contributed by atoms with Crippen molar-refractivity contribution in [3.63, 3.8) is 0 Å². The van der Waals surface area contributed by atoms with E-state index in [2.05, 4.69) is 145 Å². The van der Waals surface area contributed by atoms with E-state index in [0.717, 1.165) is 36.0 Å². The Labute approximate surface area is 505 Å². The Morgan fingerprint density at radius 1 is 0.200 bits per heavy atom.